The van der Waals surface area contributed by atoms with E-state index >= 15 is 0 Å². The Balaban J connectivity index is 1.94. The quantitative estimate of drug-likeness (QED) is 0.795. The van der Waals surface area contributed by atoms with E-state index in [1.807, 2.05) is 11.3 Å². The van der Waals surface area contributed by atoms with Crippen LogP contribution in [0.5, 0.6) is 0 Å². The molecule has 1 aliphatic rings. The Labute approximate surface area is 134 Å². The topological polar surface area (TPSA) is 15.3 Å². The number of hydrogen-bond acceptors (Lipinski definition) is 3. The van der Waals surface area contributed by atoms with Gasteiger partial charge < -0.3 is 10.2 Å². The SMILES string of the molecule is CCCN1CCCC(C(C)NC(c2cccs2)C(C)C)C1. The van der Waals surface area contributed by atoms with Gasteiger partial charge in [-0.25, -0.2) is 0 Å². The molecule has 0 bridgehead atoms. The van der Waals surface area contributed by atoms with Crippen LogP contribution in [0.1, 0.15) is 57.9 Å². The summed E-state index contributed by atoms with van der Waals surface area (Å²) in [5.74, 6) is 1.44. The normalized spacial score (nSPS) is 23.4. The number of likely N-dealkylation sites (tertiary alicyclic amines) is 1. The van der Waals surface area contributed by atoms with Crippen molar-refractivity contribution < 1.29 is 0 Å². The van der Waals surface area contributed by atoms with Gasteiger partial charge in [0.15, 0.2) is 0 Å². The summed E-state index contributed by atoms with van der Waals surface area (Å²) in [4.78, 5) is 4.14. The van der Waals surface area contributed by atoms with Gasteiger partial charge >= 0.3 is 0 Å². The first-order valence-electron chi connectivity index (χ1n) is 8.63. The molecule has 1 aromatic rings. The van der Waals surface area contributed by atoms with Crippen molar-refractivity contribution in [1.29, 1.82) is 0 Å². The van der Waals surface area contributed by atoms with Crippen LogP contribution in [0.4, 0.5) is 0 Å². The van der Waals surface area contributed by atoms with Crippen molar-refractivity contribution in [2.24, 2.45) is 11.8 Å². The molecule has 0 spiro atoms. The molecule has 120 valence electrons. The fourth-order valence-corrected chi connectivity index (χ4v) is 4.47. The molecule has 1 fully saturated rings. The smallest absolute Gasteiger partial charge is 0.0440 e. The van der Waals surface area contributed by atoms with Gasteiger partial charge in [0.1, 0.15) is 0 Å². The molecular formula is C18H32N2S. The molecule has 3 heteroatoms. The zero-order valence-electron chi connectivity index (χ0n) is 14.1. The Hall–Kier alpha value is -0.380. The summed E-state index contributed by atoms with van der Waals surface area (Å²) >= 11 is 1.88. The highest BCUT2D eigenvalue weighted by atomic mass is 32.1. The number of piperidine rings is 1. The van der Waals surface area contributed by atoms with Gasteiger partial charge in [0, 0.05) is 23.5 Å². The van der Waals surface area contributed by atoms with Crippen LogP contribution >= 0.6 is 11.3 Å². The Kier molecular flexibility index (Phi) is 6.72. The molecule has 2 nitrogen and oxygen atoms in total. The highest BCUT2D eigenvalue weighted by Gasteiger charge is 2.27. The molecule has 3 atom stereocenters. The first kappa shape index (κ1) is 17.0. The van der Waals surface area contributed by atoms with Crippen molar-refractivity contribution in [3.8, 4) is 0 Å². The minimum atomic E-state index is 0.501. The van der Waals surface area contributed by atoms with Gasteiger partial charge in [-0.05, 0) is 62.6 Å². The van der Waals surface area contributed by atoms with Gasteiger partial charge in [-0.1, -0.05) is 26.8 Å². The van der Waals surface area contributed by atoms with Gasteiger partial charge in [0.2, 0.25) is 0 Å². The number of nitrogens with one attached hydrogen (secondary N) is 1. The Bertz CT molecular complexity index is 386. The van der Waals surface area contributed by atoms with Crippen LogP contribution in [0.25, 0.3) is 0 Å². The average molecular weight is 309 g/mol. The van der Waals surface area contributed by atoms with Crippen LogP contribution < -0.4 is 5.32 Å². The lowest BCUT2D eigenvalue weighted by Gasteiger charge is -2.38. The second-order valence-corrected chi connectivity index (χ2v) is 7.87. The van der Waals surface area contributed by atoms with Crippen molar-refractivity contribution in [1.82, 2.24) is 10.2 Å². The number of hydrogen-bond donors (Lipinski definition) is 1. The minimum Gasteiger partial charge on any atom is -0.306 e. The monoisotopic (exact) mass is 308 g/mol. The zero-order valence-corrected chi connectivity index (χ0v) is 15.0. The second-order valence-electron chi connectivity index (χ2n) is 6.90. The van der Waals surface area contributed by atoms with Crippen molar-refractivity contribution in [2.75, 3.05) is 19.6 Å². The van der Waals surface area contributed by atoms with Crippen molar-refractivity contribution in [3.05, 3.63) is 22.4 Å². The predicted octanol–water partition coefficient (Wildman–Crippen LogP) is 4.55. The average Bonchev–Trinajstić information content (AvgIpc) is 2.98. The Morgan fingerprint density at radius 1 is 1.38 bits per heavy atom. The van der Waals surface area contributed by atoms with Crippen molar-refractivity contribution >= 4 is 11.3 Å². The van der Waals surface area contributed by atoms with Crippen molar-refractivity contribution in [2.45, 2.75) is 59.0 Å². The Morgan fingerprint density at radius 2 is 2.19 bits per heavy atom. The van der Waals surface area contributed by atoms with Gasteiger partial charge in [0.05, 0.1) is 0 Å². The van der Waals surface area contributed by atoms with E-state index in [2.05, 4.69) is 55.4 Å². The largest absolute Gasteiger partial charge is 0.306 e. The van der Waals surface area contributed by atoms with Gasteiger partial charge in [-0.2, -0.15) is 0 Å². The van der Waals surface area contributed by atoms with E-state index < -0.39 is 0 Å². The van der Waals surface area contributed by atoms with Crippen molar-refractivity contribution in [3.63, 3.8) is 0 Å². The molecule has 1 aliphatic heterocycles. The standard InChI is InChI=1S/C18H32N2S/c1-5-10-20-11-6-8-16(13-20)15(4)19-18(14(2)3)17-9-7-12-21-17/h7,9,12,14-16,18-19H,5-6,8,10-11,13H2,1-4H3. The number of thiophene rings is 1. The molecule has 21 heavy (non-hydrogen) atoms. The lowest BCUT2D eigenvalue weighted by Crippen LogP contribution is -2.46. The van der Waals surface area contributed by atoms with Crippen LogP contribution in [0.3, 0.4) is 0 Å². The number of rotatable bonds is 7. The van der Waals surface area contributed by atoms with E-state index in [0.29, 0.717) is 18.0 Å². The molecule has 0 radical (unpaired) electrons. The third kappa shape index (κ3) is 4.80. The first-order chi connectivity index (χ1) is 10.1. The summed E-state index contributed by atoms with van der Waals surface area (Å²) in [5, 5.41) is 6.13. The summed E-state index contributed by atoms with van der Waals surface area (Å²) < 4.78 is 0. The van der Waals surface area contributed by atoms with E-state index in [1.54, 1.807) is 0 Å². The summed E-state index contributed by atoms with van der Waals surface area (Å²) in [6.45, 7) is 13.2. The fraction of sp³-hybridized carbons (Fsp3) is 0.778. The molecule has 3 unspecified atom stereocenters. The maximum Gasteiger partial charge on any atom is 0.0440 e. The summed E-state index contributed by atoms with van der Waals surface area (Å²) in [6.07, 6.45) is 4.02. The highest BCUT2D eigenvalue weighted by Crippen LogP contribution is 2.28. The van der Waals surface area contributed by atoms with E-state index in [1.165, 1.54) is 43.8 Å². The van der Waals surface area contributed by atoms with E-state index in [4.69, 9.17) is 0 Å². The second kappa shape index (κ2) is 8.30. The third-order valence-electron chi connectivity index (χ3n) is 4.75. The van der Waals surface area contributed by atoms with Gasteiger partial charge in [-0.15, -0.1) is 11.3 Å². The van der Waals surface area contributed by atoms with Gasteiger partial charge in [-0.3, -0.25) is 0 Å². The number of nitrogens with zero attached hydrogens (tertiary/aromatic N) is 1. The van der Waals surface area contributed by atoms with Crippen LogP contribution in [0.15, 0.2) is 17.5 Å². The molecular weight excluding hydrogens is 276 g/mol. The first-order valence-corrected chi connectivity index (χ1v) is 9.51. The molecule has 0 aromatic carbocycles. The molecule has 0 amide bonds. The van der Waals surface area contributed by atoms with Crippen LogP contribution in [-0.2, 0) is 0 Å². The summed E-state index contributed by atoms with van der Waals surface area (Å²) in [5.41, 5.74) is 0. The van der Waals surface area contributed by atoms with E-state index in [0.717, 1.165) is 5.92 Å². The lowest BCUT2D eigenvalue weighted by molar-refractivity contribution is 0.143. The molecule has 1 aromatic heterocycles. The lowest BCUT2D eigenvalue weighted by atomic mass is 9.90. The molecule has 1 N–H and O–H groups in total. The molecule has 0 aliphatic carbocycles. The van der Waals surface area contributed by atoms with Crippen LogP contribution in [0, 0.1) is 11.8 Å². The molecule has 2 heterocycles. The van der Waals surface area contributed by atoms with Crippen LogP contribution in [-0.4, -0.2) is 30.6 Å². The predicted molar refractivity (Wildman–Crippen MR) is 94.0 cm³/mol. The highest BCUT2D eigenvalue weighted by molar-refractivity contribution is 7.10. The summed E-state index contributed by atoms with van der Waals surface area (Å²) in [7, 11) is 0. The summed E-state index contributed by atoms with van der Waals surface area (Å²) in [6, 6.07) is 5.55. The maximum absolute atomic E-state index is 3.93. The third-order valence-corrected chi connectivity index (χ3v) is 5.70. The Morgan fingerprint density at radius 3 is 2.81 bits per heavy atom. The molecule has 1 saturated heterocycles. The maximum atomic E-state index is 3.93. The minimum absolute atomic E-state index is 0.501. The van der Waals surface area contributed by atoms with E-state index in [-0.39, 0.29) is 0 Å². The van der Waals surface area contributed by atoms with Gasteiger partial charge in [0.25, 0.3) is 0 Å². The van der Waals surface area contributed by atoms with Crippen LogP contribution in [0.2, 0.25) is 0 Å². The molecule has 2 rings (SSSR count). The zero-order chi connectivity index (χ0) is 15.2. The molecule has 0 saturated carbocycles. The van der Waals surface area contributed by atoms with E-state index in [9.17, 15) is 0 Å². The fourth-order valence-electron chi connectivity index (χ4n) is 3.51.